The van der Waals surface area contributed by atoms with E-state index in [4.69, 9.17) is 38.2 Å². The molecule has 38 heavy (non-hydrogen) atoms. The van der Waals surface area contributed by atoms with Crippen molar-refractivity contribution in [3.8, 4) is 17.1 Å². The van der Waals surface area contributed by atoms with E-state index < -0.39 is 17.6 Å². The lowest BCUT2D eigenvalue weighted by Crippen LogP contribution is -2.45. The van der Waals surface area contributed by atoms with Crippen molar-refractivity contribution in [3.63, 3.8) is 0 Å². The fourth-order valence-corrected chi connectivity index (χ4v) is 6.05. The Morgan fingerprint density at radius 1 is 1.39 bits per heavy atom. The van der Waals surface area contributed by atoms with Crippen LogP contribution in [-0.4, -0.2) is 46.2 Å². The largest absolute Gasteiger partial charge is 0.496 e. The molecule has 0 fully saturated rings. The number of methoxy groups -OCH3 is 1. The zero-order valence-electron chi connectivity index (χ0n) is 40.4. The number of cyclic esters (lactones) is 1. The highest BCUT2D eigenvalue weighted by Gasteiger charge is 2.47. The van der Waals surface area contributed by atoms with Crippen molar-refractivity contribution in [2.45, 2.75) is 72.2 Å². The Bertz CT molecular complexity index is 1690. The molecule has 2 unspecified atom stereocenters. The summed E-state index contributed by atoms with van der Waals surface area (Å²) in [6.45, 7) is 12.1. The standard InChI is InChI=1S/C30H37N3O5.91H2/c1-9-32(7)18(6)25-20-11-19-17(5)33-24(26(19)31-23(20)10-16(4)27(25)37-8)12-22-21(28(33)34)14-38-29(35)30(22,36)13-15(2)3;;;;;;;;;;;;;;;;;;;;;;;;;;;;;;;;;;;;;;;;;;;;;;;;;;;;;;;;;;;;;;;;;;;;;;;;;;;;;;;;;;;;;;;;;;;/h10-12,15,17-18,36H,9,13-14H2,1-8H3;91*1H/t17?,18?,30-;;;;;;;;;;;;;;;;;;;;;;;;;;;;;;;;;;;;;;;;;;;;;;;;;;;;;;;;;;;;;;;;;;;;;;;;;;;;;;;;;;;;;;;;;;;/m0.........................................................................................../s1/i18D;8*1+1D;;;;;;;;;;;;;;;;;;;;;;;;;;;;;;;;;;;;;;;;;;;;;;;;;;;;;;;;;;;;;;;;;;;;;;;;;;;;;;;;;;;. The molecule has 3 atom stereocenters. The number of aryl methyl sites for hydroxylation is 1. The molecule has 2 aliphatic heterocycles. The van der Waals surface area contributed by atoms with Gasteiger partial charge in [0.15, 0.2) is 5.60 Å². The second-order valence-corrected chi connectivity index (χ2v) is 11.0. The van der Waals surface area contributed by atoms with Crippen LogP contribution in [0.1, 0.15) is 224 Å². The molecule has 0 amide bonds. The smallest absolute Gasteiger partial charge is 0.343 e. The molecular formula is C30H219N3O5. The number of fused-ring (bicyclic) bond motifs is 5. The SMILES string of the molecule is [2H]C(C)(c1c(OC)c(C)cc2nc3c(cc12)C(C)n1c-3cc2c(c1=O)COC(=O)[C@]2(O)CC(C)C)N(C)CC.[2H][2H].[2H][2H].[2H][2H].[2H][2H].[2H][2H].[2H][2H].[2H][2H].[2H][2H].[HH].[HH].[HH].[HH].[HH].[HH].[HH].[HH].[HH].[HH].[HH].[HH].[HH].[HH].[HH].[HH].[HH].[HH].[HH].[HH].[HH].[HH].[HH].[HH].[HH].[HH].[HH].[HH].[HH].[HH].[HH].[HH].[HH].[HH].[HH].[HH].[HH].[HH].[HH].[HH].[HH].[HH].[HH].[HH].[HH].[HH].[HH].[HH].[HH].[HH].[HH].[HH].[HH].[HH].[HH].[HH].[HH].[HH].[HH].[HH].[HH].[HH].[HH].[HH].[HH].[HH].[HH].[HH].[HH].[HH].[HH].[HH].[HH].[HH].[HH].[HH].[HH].[HH].[HH].[HH].[HH].[HH].[HH]. The molecule has 2 aliphatic rings. The maximum absolute atomic E-state index is 13.8. The third-order valence-corrected chi connectivity index (χ3v) is 8.16. The first-order valence-electron chi connectivity index (χ1n) is 21.7. The fourth-order valence-electron chi connectivity index (χ4n) is 6.05. The van der Waals surface area contributed by atoms with Crippen molar-refractivity contribution in [2.75, 3.05) is 20.7 Å². The minimum atomic E-state index is -1.89. The van der Waals surface area contributed by atoms with Crippen LogP contribution in [0.15, 0.2) is 23.0 Å². The van der Waals surface area contributed by atoms with Crippen molar-refractivity contribution >= 4 is 16.9 Å². The highest BCUT2D eigenvalue weighted by molar-refractivity contribution is 5.91. The van der Waals surface area contributed by atoms with Gasteiger partial charge in [-0.2, -0.15) is 0 Å². The molecule has 8 nitrogen and oxygen atoms in total. The van der Waals surface area contributed by atoms with Crippen molar-refractivity contribution < 1.29 is 163 Å². The summed E-state index contributed by atoms with van der Waals surface area (Å²) in [7, 11) is 3.52. The van der Waals surface area contributed by atoms with E-state index in [1.165, 1.54) is 0 Å². The number of esters is 1. The van der Waals surface area contributed by atoms with E-state index in [9.17, 15) is 16.1 Å². The van der Waals surface area contributed by atoms with E-state index >= 15 is 0 Å². The molecule has 0 spiro atoms. The lowest BCUT2D eigenvalue weighted by Gasteiger charge is -2.34. The third kappa shape index (κ3) is 3.68. The van der Waals surface area contributed by atoms with Gasteiger partial charge in [-0.05, 0) is 70.5 Å². The van der Waals surface area contributed by atoms with Gasteiger partial charge in [0.1, 0.15) is 12.4 Å². The van der Waals surface area contributed by atoms with Gasteiger partial charge in [-0.1, -0.05) is 20.8 Å². The predicted octanol–water partition coefficient (Wildman–Crippen LogP) is 27.0. The number of pyridine rings is 2. The topological polar surface area (TPSA) is 93.9 Å². The number of hydrogen-bond acceptors (Lipinski definition) is 7. The quantitative estimate of drug-likeness (QED) is 0.253. The minimum absolute atomic E-state index is 0. The Morgan fingerprint density at radius 3 is 2.74 bits per heavy atom. The van der Waals surface area contributed by atoms with Gasteiger partial charge in [0, 0.05) is 170 Å². The molecule has 4 heterocycles. The Kier molecular flexibility index (Phi) is 4.21. The van der Waals surface area contributed by atoms with Gasteiger partial charge >= 0.3 is 5.97 Å². The van der Waals surface area contributed by atoms with Crippen LogP contribution in [-0.2, 0) is 21.7 Å². The molecule has 1 N–H and O–H groups in total. The Labute approximate surface area is 372 Å². The summed E-state index contributed by atoms with van der Waals surface area (Å²) in [5, 5.41) is 12.3. The summed E-state index contributed by atoms with van der Waals surface area (Å²) in [6, 6.07) is 4.26. The van der Waals surface area contributed by atoms with Crippen LogP contribution in [0.25, 0.3) is 22.3 Å². The molecule has 0 saturated heterocycles. The first kappa shape index (κ1) is 17.4. The third-order valence-electron chi connectivity index (χ3n) is 8.16. The molecule has 0 saturated carbocycles. The number of aromatic nitrogens is 2. The summed E-state index contributed by atoms with van der Waals surface area (Å²) in [5.74, 6) is -0.0882. The van der Waals surface area contributed by atoms with Gasteiger partial charge in [0.05, 0.1) is 37.0 Å². The first-order valence-corrected chi connectivity index (χ1v) is 13.2. The van der Waals surface area contributed by atoms with Crippen LogP contribution in [0.3, 0.4) is 0 Å². The van der Waals surface area contributed by atoms with Crippen LogP contribution in [0.5, 0.6) is 5.75 Å². The molecule has 0 aliphatic carbocycles. The van der Waals surface area contributed by atoms with Gasteiger partial charge in [-0.3, -0.25) is 14.3 Å². The van der Waals surface area contributed by atoms with E-state index in [0.29, 0.717) is 40.3 Å². The van der Waals surface area contributed by atoms with Crippen molar-refractivity contribution in [2.24, 2.45) is 5.92 Å². The first-order chi connectivity index (χ1) is 26.3. The molecule has 5 rings (SSSR count). The molecule has 3 aromatic rings. The van der Waals surface area contributed by atoms with E-state index in [1.54, 1.807) is 17.7 Å². The highest BCUT2D eigenvalue weighted by Crippen LogP contribution is 2.45. The van der Waals surface area contributed by atoms with Crippen LogP contribution in [0.4, 0.5) is 0 Å². The van der Waals surface area contributed by atoms with Gasteiger partial charge < -0.3 is 14.6 Å². The number of carbonyl (C=O) groups is 1. The van der Waals surface area contributed by atoms with E-state index in [2.05, 4.69) is 0 Å². The van der Waals surface area contributed by atoms with Gasteiger partial charge in [-0.25, -0.2) is 9.78 Å². The minimum Gasteiger partial charge on any atom is -0.496 e. The van der Waals surface area contributed by atoms with Crippen molar-refractivity contribution in [3.05, 3.63) is 56.4 Å². The monoisotopic (exact) mass is 720 g/mol. The van der Waals surface area contributed by atoms with Gasteiger partial charge in [0.2, 0.25) is 0 Å². The molecule has 1 aromatic carbocycles. The zero-order valence-corrected chi connectivity index (χ0v) is 23.4. The lowest BCUT2D eigenvalue weighted by atomic mass is 9.82. The highest BCUT2D eigenvalue weighted by atomic mass is 16.6. The van der Waals surface area contributed by atoms with Crippen LogP contribution >= 0.6 is 0 Å². The summed E-state index contributed by atoms with van der Waals surface area (Å²) in [5.41, 5.74) is 2.72. The normalized spacial score (nSPS) is 23.8. The number of hydrogen-bond donors (Lipinski definition) is 1. The summed E-state index contributed by atoms with van der Waals surface area (Å²) >= 11 is 0. The number of ether oxygens (including phenoxy) is 2. The lowest BCUT2D eigenvalue weighted by molar-refractivity contribution is -0.174. The summed E-state index contributed by atoms with van der Waals surface area (Å²) < 4.78 is 102. The predicted molar refractivity (Wildman–Crippen MR) is 339 cm³/mol. The molecule has 0 bridgehead atoms. The average Bonchev–Trinajstić information content (AvgIpc) is 1.58. The fraction of sp³-hybridized carbons (Fsp3) is 0.500. The van der Waals surface area contributed by atoms with E-state index in [0.717, 1.165) is 22.1 Å². The van der Waals surface area contributed by atoms with Gasteiger partial charge in [0.25, 0.3) is 5.56 Å². The molecule has 8 heteroatoms. The van der Waals surface area contributed by atoms with Gasteiger partial charge in [-0.15, -0.1) is 0 Å². The second-order valence-electron chi connectivity index (χ2n) is 11.0. The van der Waals surface area contributed by atoms with Crippen molar-refractivity contribution in [1.82, 2.24) is 14.5 Å². The summed E-state index contributed by atoms with van der Waals surface area (Å²) in [4.78, 5) is 33.6. The zero-order chi connectivity index (χ0) is 44.6. The maximum atomic E-state index is 13.8. The van der Waals surface area contributed by atoms with Crippen molar-refractivity contribution in [1.29, 1.82) is 0 Å². The number of rotatable bonds is 6. The maximum Gasteiger partial charge on any atom is 0.343 e. The average molecular weight is 720 g/mol. The molecule has 384 valence electrons. The Balaban J connectivity index is -0.00000000296. The van der Waals surface area contributed by atoms with Crippen LogP contribution < -0.4 is 10.3 Å². The van der Waals surface area contributed by atoms with Crippen LogP contribution in [0.2, 0.25) is 0 Å². The van der Waals surface area contributed by atoms with E-state index in [1.807, 2.05) is 65.6 Å². The number of aliphatic hydroxyl groups is 1. The van der Waals surface area contributed by atoms with E-state index in [-0.39, 0.29) is 149 Å². The number of nitrogens with zero attached hydrogens (tertiary/aromatic N) is 3. The van der Waals surface area contributed by atoms with Crippen LogP contribution in [0, 0.1) is 12.8 Å². The summed E-state index contributed by atoms with van der Waals surface area (Å²) in [6.07, 6.45) is 0.144. The molecule has 2 aromatic heterocycles. The second kappa shape index (κ2) is 9.20. The molecule has 0 radical (unpaired) electrons. The number of carbonyl (C=O) groups excluding carboxylic acids is 1. The molecular weight excluding hydrogens is 482 g/mol. The number of benzene rings is 1. The Morgan fingerprint density at radius 2 is 2.11 bits per heavy atom. The Hall–Kier alpha value is -3.23.